The summed E-state index contributed by atoms with van der Waals surface area (Å²) in [5, 5.41) is 2.98. The molecule has 1 fully saturated rings. The average Bonchev–Trinajstić information content (AvgIpc) is 3.02. The van der Waals surface area contributed by atoms with Gasteiger partial charge in [-0.3, -0.25) is 9.59 Å². The molecule has 1 N–H and O–H groups in total. The molecule has 2 aliphatic rings. The number of fused-ring (bicyclic) bond motifs is 1. The first-order valence-electron chi connectivity index (χ1n) is 7.32. The standard InChI is InChI=1S/C15H16Cl2N2O4/c16-13(17)15(21)19-5-3-10(4-6-19)18-14(20)9-1-2-11-12(7-9)23-8-22-11/h1-2,7,10,13H,3-6,8H2,(H,18,20). The molecule has 3 rings (SSSR count). The van der Waals surface area contributed by atoms with Gasteiger partial charge in [-0.2, -0.15) is 0 Å². The third kappa shape index (κ3) is 3.64. The van der Waals surface area contributed by atoms with E-state index in [4.69, 9.17) is 32.7 Å². The van der Waals surface area contributed by atoms with Crippen LogP contribution in [0.2, 0.25) is 0 Å². The zero-order chi connectivity index (χ0) is 16.4. The Kier molecular flexibility index (Phi) is 4.82. The van der Waals surface area contributed by atoms with Crippen molar-refractivity contribution in [1.29, 1.82) is 0 Å². The van der Waals surface area contributed by atoms with Crippen LogP contribution in [0.4, 0.5) is 0 Å². The first kappa shape index (κ1) is 16.2. The molecule has 2 amide bonds. The number of ether oxygens (including phenoxy) is 2. The fourth-order valence-corrected chi connectivity index (χ4v) is 2.96. The molecule has 0 atom stereocenters. The Morgan fingerprint density at radius 3 is 2.57 bits per heavy atom. The zero-order valence-corrected chi connectivity index (χ0v) is 13.8. The van der Waals surface area contributed by atoms with E-state index in [1.54, 1.807) is 23.1 Å². The van der Waals surface area contributed by atoms with Crippen LogP contribution < -0.4 is 14.8 Å². The Labute approximate surface area is 143 Å². The van der Waals surface area contributed by atoms with Crippen molar-refractivity contribution >= 4 is 35.0 Å². The molecule has 0 saturated carbocycles. The van der Waals surface area contributed by atoms with Gasteiger partial charge in [0, 0.05) is 24.7 Å². The van der Waals surface area contributed by atoms with Gasteiger partial charge in [0.25, 0.3) is 11.8 Å². The zero-order valence-electron chi connectivity index (χ0n) is 12.3. The molecule has 2 heterocycles. The maximum atomic E-state index is 12.3. The van der Waals surface area contributed by atoms with E-state index < -0.39 is 4.84 Å². The summed E-state index contributed by atoms with van der Waals surface area (Å²) in [5.41, 5.74) is 0.523. The van der Waals surface area contributed by atoms with Gasteiger partial charge in [-0.1, -0.05) is 23.2 Å². The third-order valence-electron chi connectivity index (χ3n) is 3.96. The summed E-state index contributed by atoms with van der Waals surface area (Å²) in [4.78, 5) is 24.6. The van der Waals surface area contributed by atoms with E-state index in [0.29, 0.717) is 43.0 Å². The molecule has 0 aliphatic carbocycles. The third-order valence-corrected chi connectivity index (χ3v) is 4.34. The lowest BCUT2D eigenvalue weighted by atomic mass is 10.0. The quantitative estimate of drug-likeness (QED) is 0.838. The van der Waals surface area contributed by atoms with E-state index in [0.717, 1.165) is 0 Å². The van der Waals surface area contributed by atoms with Crippen molar-refractivity contribution in [2.45, 2.75) is 23.7 Å². The van der Waals surface area contributed by atoms with Crippen LogP contribution in [-0.4, -0.2) is 47.5 Å². The monoisotopic (exact) mass is 358 g/mol. The van der Waals surface area contributed by atoms with Gasteiger partial charge in [0.1, 0.15) is 0 Å². The van der Waals surface area contributed by atoms with Crippen LogP contribution in [-0.2, 0) is 4.79 Å². The number of hydrogen-bond donors (Lipinski definition) is 1. The number of halogens is 2. The molecular weight excluding hydrogens is 343 g/mol. The van der Waals surface area contributed by atoms with Gasteiger partial charge >= 0.3 is 0 Å². The van der Waals surface area contributed by atoms with Crippen molar-refractivity contribution in [1.82, 2.24) is 10.2 Å². The minimum absolute atomic E-state index is 0.0149. The summed E-state index contributed by atoms with van der Waals surface area (Å²) in [6, 6.07) is 5.11. The molecule has 0 bridgehead atoms. The van der Waals surface area contributed by atoms with E-state index in [9.17, 15) is 9.59 Å². The predicted molar refractivity (Wildman–Crippen MR) is 85.1 cm³/mol. The minimum Gasteiger partial charge on any atom is -0.454 e. The molecular formula is C15H16Cl2N2O4. The number of amides is 2. The number of piperidine rings is 1. The van der Waals surface area contributed by atoms with E-state index >= 15 is 0 Å². The number of rotatable bonds is 3. The highest BCUT2D eigenvalue weighted by Crippen LogP contribution is 2.32. The van der Waals surface area contributed by atoms with Gasteiger partial charge in [0.15, 0.2) is 16.3 Å². The van der Waals surface area contributed by atoms with E-state index in [2.05, 4.69) is 5.32 Å². The molecule has 1 aromatic rings. The molecule has 1 aromatic carbocycles. The Morgan fingerprint density at radius 1 is 1.17 bits per heavy atom. The summed E-state index contributed by atoms with van der Waals surface area (Å²) in [6.45, 7) is 1.23. The number of nitrogens with zero attached hydrogens (tertiary/aromatic N) is 1. The Morgan fingerprint density at radius 2 is 1.87 bits per heavy atom. The largest absolute Gasteiger partial charge is 0.454 e. The maximum absolute atomic E-state index is 12.3. The molecule has 124 valence electrons. The lowest BCUT2D eigenvalue weighted by Crippen LogP contribution is -2.47. The van der Waals surface area contributed by atoms with Gasteiger partial charge in [0.05, 0.1) is 0 Å². The number of carbonyl (C=O) groups excluding carboxylic acids is 2. The number of nitrogens with one attached hydrogen (secondary N) is 1. The second-order valence-electron chi connectivity index (χ2n) is 5.44. The first-order valence-corrected chi connectivity index (χ1v) is 8.19. The van der Waals surface area contributed by atoms with Gasteiger partial charge < -0.3 is 19.7 Å². The van der Waals surface area contributed by atoms with E-state index in [1.807, 2.05) is 0 Å². The van der Waals surface area contributed by atoms with Crippen LogP contribution >= 0.6 is 23.2 Å². The summed E-state index contributed by atoms with van der Waals surface area (Å²) in [7, 11) is 0. The van der Waals surface area contributed by atoms with E-state index in [-0.39, 0.29) is 24.6 Å². The molecule has 1 saturated heterocycles. The number of carbonyl (C=O) groups is 2. The van der Waals surface area contributed by atoms with Crippen LogP contribution in [0, 0.1) is 0 Å². The number of likely N-dealkylation sites (tertiary alicyclic amines) is 1. The van der Waals surface area contributed by atoms with Crippen LogP contribution in [0.15, 0.2) is 18.2 Å². The second-order valence-corrected chi connectivity index (χ2v) is 6.54. The molecule has 6 nitrogen and oxygen atoms in total. The van der Waals surface area contributed by atoms with Crippen LogP contribution in [0.3, 0.4) is 0 Å². The fraction of sp³-hybridized carbons (Fsp3) is 0.467. The first-order chi connectivity index (χ1) is 11.0. The van der Waals surface area contributed by atoms with Crippen LogP contribution in [0.25, 0.3) is 0 Å². The summed E-state index contributed by atoms with van der Waals surface area (Å²) in [6.07, 6.45) is 1.34. The second kappa shape index (κ2) is 6.84. The Balaban J connectivity index is 1.54. The predicted octanol–water partition coefficient (Wildman–Crippen LogP) is 1.94. The lowest BCUT2D eigenvalue weighted by Gasteiger charge is -2.32. The Bertz CT molecular complexity index is 615. The molecule has 0 aromatic heterocycles. The molecule has 23 heavy (non-hydrogen) atoms. The Hall–Kier alpha value is -1.66. The molecule has 8 heteroatoms. The van der Waals surface area contributed by atoms with Crippen molar-refractivity contribution in [3.8, 4) is 11.5 Å². The van der Waals surface area contributed by atoms with Crippen molar-refractivity contribution in [3.05, 3.63) is 23.8 Å². The van der Waals surface area contributed by atoms with Crippen molar-refractivity contribution < 1.29 is 19.1 Å². The molecule has 0 radical (unpaired) electrons. The highest BCUT2D eigenvalue weighted by atomic mass is 35.5. The maximum Gasteiger partial charge on any atom is 0.255 e. The number of benzene rings is 1. The van der Waals surface area contributed by atoms with E-state index in [1.165, 1.54) is 0 Å². The lowest BCUT2D eigenvalue weighted by molar-refractivity contribution is -0.130. The minimum atomic E-state index is -1.03. The SMILES string of the molecule is O=C(NC1CCN(C(=O)C(Cl)Cl)CC1)c1ccc2c(c1)OCO2. The van der Waals surface area contributed by atoms with Crippen LogP contribution in [0.5, 0.6) is 11.5 Å². The molecule has 2 aliphatic heterocycles. The van der Waals surface area contributed by atoms with Gasteiger partial charge in [0.2, 0.25) is 6.79 Å². The average molecular weight is 359 g/mol. The summed E-state index contributed by atoms with van der Waals surface area (Å²) in [5.74, 6) is 0.771. The van der Waals surface area contributed by atoms with Crippen molar-refractivity contribution in [2.75, 3.05) is 19.9 Å². The molecule has 0 spiro atoms. The topological polar surface area (TPSA) is 67.9 Å². The highest BCUT2D eigenvalue weighted by Gasteiger charge is 2.27. The smallest absolute Gasteiger partial charge is 0.255 e. The normalized spacial score (nSPS) is 17.4. The molecule has 0 unspecified atom stereocenters. The number of alkyl halides is 2. The highest BCUT2D eigenvalue weighted by molar-refractivity contribution is 6.53. The van der Waals surface area contributed by atoms with Gasteiger partial charge in [-0.15, -0.1) is 0 Å². The van der Waals surface area contributed by atoms with Crippen molar-refractivity contribution in [3.63, 3.8) is 0 Å². The van der Waals surface area contributed by atoms with Gasteiger partial charge in [-0.05, 0) is 31.0 Å². The van der Waals surface area contributed by atoms with Crippen molar-refractivity contribution in [2.24, 2.45) is 0 Å². The van der Waals surface area contributed by atoms with Crippen LogP contribution in [0.1, 0.15) is 23.2 Å². The fourth-order valence-electron chi connectivity index (χ4n) is 2.69. The number of hydrogen-bond acceptors (Lipinski definition) is 4. The van der Waals surface area contributed by atoms with Gasteiger partial charge in [-0.25, -0.2) is 0 Å². The summed E-state index contributed by atoms with van der Waals surface area (Å²) >= 11 is 11.2. The summed E-state index contributed by atoms with van der Waals surface area (Å²) < 4.78 is 10.5.